The van der Waals surface area contributed by atoms with Crippen LogP contribution in [-0.2, 0) is 11.2 Å². The number of benzene rings is 1. The molecule has 0 bridgehead atoms. The van der Waals surface area contributed by atoms with E-state index in [-0.39, 0.29) is 6.61 Å². The summed E-state index contributed by atoms with van der Waals surface area (Å²) in [5.74, 6) is 5.03. The number of aldehydes is 1. The van der Waals surface area contributed by atoms with Gasteiger partial charge >= 0.3 is 0 Å². The maximum absolute atomic E-state index is 9.98. The zero-order chi connectivity index (χ0) is 9.52. The summed E-state index contributed by atoms with van der Waals surface area (Å²) in [5.41, 5.74) is 1.83. The number of aliphatic hydroxyl groups is 1. The highest BCUT2D eigenvalue weighted by Crippen LogP contribution is 2.04. The number of aliphatic hydroxyl groups excluding tert-OH is 1. The van der Waals surface area contributed by atoms with E-state index in [0.717, 1.165) is 11.1 Å². The van der Waals surface area contributed by atoms with Gasteiger partial charge in [-0.3, -0.25) is 4.79 Å². The van der Waals surface area contributed by atoms with Gasteiger partial charge in [-0.1, -0.05) is 18.1 Å². The molecule has 0 fully saturated rings. The third-order valence-corrected chi connectivity index (χ3v) is 1.60. The maximum Gasteiger partial charge on any atom is 0.193 e. The first-order chi connectivity index (χ1) is 6.36. The highest BCUT2D eigenvalue weighted by atomic mass is 16.2. The number of carbonyl (C=O) groups excluding carboxylic acids is 1. The quantitative estimate of drug-likeness (QED) is 0.531. The van der Waals surface area contributed by atoms with Crippen molar-refractivity contribution in [3.63, 3.8) is 0 Å². The second-order valence-electron chi connectivity index (χ2n) is 2.56. The Morgan fingerprint density at radius 3 is 3.00 bits per heavy atom. The van der Waals surface area contributed by atoms with E-state index in [4.69, 9.17) is 5.11 Å². The van der Waals surface area contributed by atoms with Crippen molar-refractivity contribution in [3.05, 3.63) is 35.4 Å². The van der Waals surface area contributed by atoms with Crippen molar-refractivity contribution < 1.29 is 9.90 Å². The van der Waals surface area contributed by atoms with Crippen molar-refractivity contribution in [2.45, 2.75) is 6.42 Å². The van der Waals surface area contributed by atoms with Crippen LogP contribution in [0.15, 0.2) is 24.3 Å². The number of rotatable bonds is 2. The highest BCUT2D eigenvalue weighted by molar-refractivity contribution is 5.73. The Labute approximate surface area is 77.2 Å². The fraction of sp³-hybridized carbons (Fsp3) is 0.182. The SMILES string of the molecule is O=CC#Cc1cccc(CCO)c1. The molecule has 0 saturated heterocycles. The standard InChI is InChI=1S/C11H10O2/c12-7-2-5-10-3-1-4-11(9-10)6-8-13/h1,3-4,7,9,13H,6,8H2. The van der Waals surface area contributed by atoms with Crippen LogP contribution in [0.4, 0.5) is 0 Å². The van der Waals surface area contributed by atoms with Crippen LogP contribution >= 0.6 is 0 Å². The molecule has 0 aliphatic rings. The van der Waals surface area contributed by atoms with E-state index < -0.39 is 0 Å². The number of carbonyl (C=O) groups is 1. The normalized spacial score (nSPS) is 8.69. The molecule has 1 aromatic rings. The zero-order valence-electron chi connectivity index (χ0n) is 7.16. The van der Waals surface area contributed by atoms with Crippen molar-refractivity contribution in [1.82, 2.24) is 0 Å². The second kappa shape index (κ2) is 5.13. The Morgan fingerprint density at radius 1 is 1.46 bits per heavy atom. The monoisotopic (exact) mass is 174 g/mol. The molecule has 2 heteroatoms. The van der Waals surface area contributed by atoms with Gasteiger partial charge in [-0.25, -0.2) is 0 Å². The van der Waals surface area contributed by atoms with Crippen LogP contribution in [-0.4, -0.2) is 18.0 Å². The molecule has 0 spiro atoms. The molecule has 1 rings (SSSR count). The summed E-state index contributed by atoms with van der Waals surface area (Å²) in [7, 11) is 0. The number of hydrogen-bond donors (Lipinski definition) is 1. The van der Waals surface area contributed by atoms with Gasteiger partial charge in [-0.2, -0.15) is 0 Å². The van der Waals surface area contributed by atoms with Gasteiger partial charge < -0.3 is 5.11 Å². The molecule has 1 N–H and O–H groups in total. The Morgan fingerprint density at radius 2 is 2.31 bits per heavy atom. The Balaban J connectivity index is 2.84. The van der Waals surface area contributed by atoms with E-state index in [1.54, 1.807) is 0 Å². The molecule has 0 aliphatic heterocycles. The van der Waals surface area contributed by atoms with E-state index in [0.29, 0.717) is 12.7 Å². The lowest BCUT2D eigenvalue weighted by Crippen LogP contribution is -1.90. The molecule has 1 aromatic carbocycles. The van der Waals surface area contributed by atoms with E-state index in [9.17, 15) is 4.79 Å². The Bertz CT molecular complexity index is 345. The summed E-state index contributed by atoms with van der Waals surface area (Å²) in [5, 5.41) is 8.69. The summed E-state index contributed by atoms with van der Waals surface area (Å²) in [6.07, 6.45) is 1.19. The number of hydrogen-bond acceptors (Lipinski definition) is 2. The van der Waals surface area contributed by atoms with Gasteiger partial charge in [0.15, 0.2) is 6.29 Å². The fourth-order valence-corrected chi connectivity index (χ4v) is 1.05. The van der Waals surface area contributed by atoms with E-state index in [1.165, 1.54) is 0 Å². The fourth-order valence-electron chi connectivity index (χ4n) is 1.05. The maximum atomic E-state index is 9.98. The summed E-state index contributed by atoms with van der Waals surface area (Å²) < 4.78 is 0. The molecule has 0 radical (unpaired) electrons. The largest absolute Gasteiger partial charge is 0.396 e. The lowest BCUT2D eigenvalue weighted by atomic mass is 10.1. The molecule has 13 heavy (non-hydrogen) atoms. The molecular formula is C11H10O2. The van der Waals surface area contributed by atoms with Crippen LogP contribution in [0.1, 0.15) is 11.1 Å². The summed E-state index contributed by atoms with van der Waals surface area (Å²) in [4.78, 5) is 9.98. The summed E-state index contributed by atoms with van der Waals surface area (Å²) >= 11 is 0. The van der Waals surface area contributed by atoms with Gasteiger partial charge in [0.25, 0.3) is 0 Å². The minimum absolute atomic E-state index is 0.130. The molecule has 0 atom stereocenters. The van der Waals surface area contributed by atoms with Crippen molar-refractivity contribution >= 4 is 6.29 Å². The van der Waals surface area contributed by atoms with Gasteiger partial charge in [0, 0.05) is 12.2 Å². The Kier molecular flexibility index (Phi) is 3.74. The summed E-state index contributed by atoms with van der Waals surface area (Å²) in [6.45, 7) is 0.130. The van der Waals surface area contributed by atoms with Crippen LogP contribution in [0.5, 0.6) is 0 Å². The van der Waals surface area contributed by atoms with E-state index in [1.807, 2.05) is 24.3 Å². The van der Waals surface area contributed by atoms with Gasteiger partial charge in [-0.05, 0) is 30.0 Å². The van der Waals surface area contributed by atoms with Gasteiger partial charge in [0.1, 0.15) is 0 Å². The lowest BCUT2D eigenvalue weighted by molar-refractivity contribution is -0.103. The zero-order valence-corrected chi connectivity index (χ0v) is 7.16. The van der Waals surface area contributed by atoms with Gasteiger partial charge in [-0.15, -0.1) is 0 Å². The van der Waals surface area contributed by atoms with Crippen molar-refractivity contribution in [2.75, 3.05) is 6.61 Å². The van der Waals surface area contributed by atoms with Crippen LogP contribution in [0.25, 0.3) is 0 Å². The van der Waals surface area contributed by atoms with Crippen molar-refractivity contribution in [2.24, 2.45) is 0 Å². The van der Waals surface area contributed by atoms with Crippen molar-refractivity contribution in [1.29, 1.82) is 0 Å². The minimum Gasteiger partial charge on any atom is -0.396 e. The molecule has 0 unspecified atom stereocenters. The van der Waals surface area contributed by atoms with Gasteiger partial charge in [0.2, 0.25) is 0 Å². The molecule has 0 aliphatic carbocycles. The molecule has 2 nitrogen and oxygen atoms in total. The predicted molar refractivity (Wildman–Crippen MR) is 50.2 cm³/mol. The van der Waals surface area contributed by atoms with Crippen molar-refractivity contribution in [3.8, 4) is 11.8 Å². The van der Waals surface area contributed by atoms with Crippen LogP contribution in [0.3, 0.4) is 0 Å². The van der Waals surface area contributed by atoms with E-state index in [2.05, 4.69) is 11.8 Å². The lowest BCUT2D eigenvalue weighted by Gasteiger charge is -1.97. The smallest absolute Gasteiger partial charge is 0.193 e. The van der Waals surface area contributed by atoms with Crippen LogP contribution < -0.4 is 0 Å². The molecule has 0 aromatic heterocycles. The van der Waals surface area contributed by atoms with Crippen LogP contribution in [0, 0.1) is 11.8 Å². The summed E-state index contributed by atoms with van der Waals surface area (Å²) in [6, 6.07) is 7.48. The Hall–Kier alpha value is -1.59. The first-order valence-electron chi connectivity index (χ1n) is 4.02. The molecule has 0 amide bonds. The van der Waals surface area contributed by atoms with E-state index >= 15 is 0 Å². The molecule has 66 valence electrons. The highest BCUT2D eigenvalue weighted by Gasteiger charge is 1.91. The average Bonchev–Trinajstić information content (AvgIpc) is 2.16. The first-order valence-corrected chi connectivity index (χ1v) is 4.02. The van der Waals surface area contributed by atoms with Gasteiger partial charge in [0.05, 0.1) is 0 Å². The predicted octanol–water partition coefficient (Wildman–Crippen LogP) is 0.772. The average molecular weight is 174 g/mol. The first kappa shape index (κ1) is 9.50. The third-order valence-electron chi connectivity index (χ3n) is 1.60. The van der Waals surface area contributed by atoms with Crippen LogP contribution in [0.2, 0.25) is 0 Å². The topological polar surface area (TPSA) is 37.3 Å². The second-order valence-corrected chi connectivity index (χ2v) is 2.56. The minimum atomic E-state index is 0.130. The molecule has 0 heterocycles. The third kappa shape index (κ3) is 3.10. The molecular weight excluding hydrogens is 164 g/mol. The molecule has 0 saturated carbocycles.